The molecule has 0 fully saturated rings. The number of ether oxygens (including phenoxy) is 3. The topological polar surface area (TPSA) is 70.8 Å². The van der Waals surface area contributed by atoms with E-state index in [-0.39, 0.29) is 12.4 Å². The summed E-state index contributed by atoms with van der Waals surface area (Å²) in [5.74, 6) is 0.809. The number of carbonyl (C=O) groups excluding carboxylic acids is 1. The third-order valence-corrected chi connectivity index (χ3v) is 4.24. The fourth-order valence-electron chi connectivity index (χ4n) is 2.76. The zero-order valence-corrected chi connectivity index (χ0v) is 14.5. The molecule has 0 saturated carbocycles. The molecule has 6 nitrogen and oxygen atoms in total. The van der Waals surface area contributed by atoms with E-state index in [1.54, 1.807) is 30.3 Å². The molecule has 27 heavy (non-hydrogen) atoms. The van der Waals surface area contributed by atoms with Gasteiger partial charge in [-0.15, -0.1) is 0 Å². The largest absolute Gasteiger partial charge is 0.486 e. The van der Waals surface area contributed by atoms with E-state index in [4.69, 9.17) is 18.7 Å². The van der Waals surface area contributed by atoms with Gasteiger partial charge in [-0.3, -0.25) is 0 Å². The maximum Gasteiger partial charge on any atom is 0.338 e. The number of hydrogen-bond donors (Lipinski definition) is 0. The number of nitrogens with zero attached hydrogens (tertiary/aromatic N) is 1. The second-order valence-electron chi connectivity index (χ2n) is 6.02. The molecule has 1 aliphatic rings. The Morgan fingerprint density at radius 2 is 1.85 bits per heavy atom. The highest BCUT2D eigenvalue weighted by Gasteiger charge is 2.18. The molecule has 1 aliphatic heterocycles. The molecular formula is C20H16FNO5. The van der Waals surface area contributed by atoms with Crippen LogP contribution in [0.25, 0.3) is 11.3 Å². The summed E-state index contributed by atoms with van der Waals surface area (Å²) >= 11 is 0. The summed E-state index contributed by atoms with van der Waals surface area (Å²) in [5.41, 5.74) is 2.29. The van der Waals surface area contributed by atoms with Crippen LogP contribution in [0, 0.1) is 12.7 Å². The predicted octanol–water partition coefficient (Wildman–Crippen LogP) is 3.92. The molecule has 0 N–H and O–H groups in total. The smallest absolute Gasteiger partial charge is 0.338 e. The van der Waals surface area contributed by atoms with Crippen molar-refractivity contribution in [2.24, 2.45) is 0 Å². The minimum absolute atomic E-state index is 0.0379. The Hall–Kier alpha value is -3.35. The van der Waals surface area contributed by atoms with Crippen molar-refractivity contribution in [2.45, 2.75) is 13.5 Å². The molecule has 0 aliphatic carbocycles. The summed E-state index contributed by atoms with van der Waals surface area (Å²) in [6.45, 7) is 2.70. The minimum Gasteiger partial charge on any atom is -0.486 e. The van der Waals surface area contributed by atoms with Gasteiger partial charge in [0.25, 0.3) is 0 Å². The second-order valence-corrected chi connectivity index (χ2v) is 6.02. The number of aromatic nitrogens is 1. The summed E-state index contributed by atoms with van der Waals surface area (Å²) in [6.07, 6.45) is 0. The molecule has 0 amide bonds. The summed E-state index contributed by atoms with van der Waals surface area (Å²) in [4.78, 5) is 12.3. The molecule has 0 saturated heterocycles. The fourth-order valence-corrected chi connectivity index (χ4v) is 2.76. The van der Waals surface area contributed by atoms with Gasteiger partial charge in [0.2, 0.25) is 0 Å². The number of carbonyl (C=O) groups is 1. The molecule has 4 rings (SSSR count). The van der Waals surface area contributed by atoms with Crippen LogP contribution in [0.5, 0.6) is 11.5 Å². The molecule has 0 atom stereocenters. The van der Waals surface area contributed by atoms with Gasteiger partial charge in [-0.1, -0.05) is 5.16 Å². The maximum atomic E-state index is 13.1. The summed E-state index contributed by atoms with van der Waals surface area (Å²) in [5, 5.41) is 3.96. The van der Waals surface area contributed by atoms with Gasteiger partial charge in [0.1, 0.15) is 31.3 Å². The van der Waals surface area contributed by atoms with E-state index >= 15 is 0 Å². The van der Waals surface area contributed by atoms with E-state index < -0.39 is 5.97 Å². The molecule has 7 heteroatoms. The van der Waals surface area contributed by atoms with Crippen molar-refractivity contribution < 1.29 is 27.9 Å². The summed E-state index contributed by atoms with van der Waals surface area (Å²) in [7, 11) is 0. The van der Waals surface area contributed by atoms with Crippen LogP contribution < -0.4 is 9.47 Å². The number of esters is 1. The lowest BCUT2D eigenvalue weighted by atomic mass is 10.1. The van der Waals surface area contributed by atoms with Crippen LogP contribution >= 0.6 is 0 Å². The zero-order chi connectivity index (χ0) is 18.8. The van der Waals surface area contributed by atoms with Crippen LogP contribution in [0.1, 0.15) is 21.6 Å². The summed E-state index contributed by atoms with van der Waals surface area (Å²) in [6, 6.07) is 10.8. The minimum atomic E-state index is -0.502. The van der Waals surface area contributed by atoms with Crippen LogP contribution in [0.2, 0.25) is 0 Å². The molecule has 2 heterocycles. The Balaban J connectivity index is 1.46. The first-order valence-corrected chi connectivity index (χ1v) is 8.39. The molecule has 138 valence electrons. The second kappa shape index (κ2) is 7.11. The van der Waals surface area contributed by atoms with Gasteiger partial charge in [-0.05, 0) is 49.4 Å². The molecular weight excluding hydrogens is 353 g/mol. The average Bonchev–Trinajstić information content (AvgIpc) is 3.07. The van der Waals surface area contributed by atoms with Crippen molar-refractivity contribution in [1.82, 2.24) is 5.16 Å². The lowest BCUT2D eigenvalue weighted by Crippen LogP contribution is -2.16. The number of halogens is 1. The highest BCUT2D eigenvalue weighted by atomic mass is 19.1. The van der Waals surface area contributed by atoms with Crippen molar-refractivity contribution in [1.29, 1.82) is 0 Å². The molecule has 2 aromatic carbocycles. The van der Waals surface area contributed by atoms with Gasteiger partial charge in [0, 0.05) is 11.1 Å². The van der Waals surface area contributed by atoms with Gasteiger partial charge < -0.3 is 18.7 Å². The van der Waals surface area contributed by atoms with E-state index in [0.29, 0.717) is 47.3 Å². The molecule has 0 spiro atoms. The molecule has 3 aromatic rings. The fraction of sp³-hybridized carbons (Fsp3) is 0.200. The van der Waals surface area contributed by atoms with E-state index in [1.165, 1.54) is 12.1 Å². The third kappa shape index (κ3) is 3.48. The van der Waals surface area contributed by atoms with Gasteiger partial charge in [0.15, 0.2) is 17.3 Å². The highest BCUT2D eigenvalue weighted by molar-refractivity contribution is 5.90. The zero-order valence-electron chi connectivity index (χ0n) is 14.5. The van der Waals surface area contributed by atoms with E-state index in [0.717, 1.165) is 5.56 Å². The summed E-state index contributed by atoms with van der Waals surface area (Å²) < 4.78 is 34.6. The lowest BCUT2D eigenvalue weighted by molar-refractivity contribution is 0.0462. The van der Waals surface area contributed by atoms with Crippen LogP contribution in [-0.4, -0.2) is 24.3 Å². The normalized spacial score (nSPS) is 12.7. The van der Waals surface area contributed by atoms with E-state index in [1.807, 2.05) is 6.92 Å². The number of hydrogen-bond acceptors (Lipinski definition) is 6. The van der Waals surface area contributed by atoms with Crippen molar-refractivity contribution >= 4 is 5.97 Å². The number of rotatable bonds is 4. The van der Waals surface area contributed by atoms with E-state index in [2.05, 4.69) is 5.16 Å². The standard InChI is InChI=1S/C20H16FNO5/c1-12-16(22-27-19(12)13-2-5-15(21)6-3-13)11-26-20(23)14-4-7-17-18(10-14)25-9-8-24-17/h2-7,10H,8-9,11H2,1H3. The Morgan fingerprint density at radius 1 is 1.11 bits per heavy atom. The Bertz CT molecular complexity index is 981. The molecule has 0 bridgehead atoms. The third-order valence-electron chi connectivity index (χ3n) is 4.24. The Kier molecular flexibility index (Phi) is 4.50. The first kappa shape index (κ1) is 17.1. The van der Waals surface area contributed by atoms with Gasteiger partial charge in [-0.25, -0.2) is 9.18 Å². The van der Waals surface area contributed by atoms with Gasteiger partial charge in [0.05, 0.1) is 5.56 Å². The highest BCUT2D eigenvalue weighted by Crippen LogP contribution is 2.31. The molecule has 1 aromatic heterocycles. The first-order chi connectivity index (χ1) is 13.1. The Morgan fingerprint density at radius 3 is 2.63 bits per heavy atom. The van der Waals surface area contributed by atoms with Crippen LogP contribution in [0.15, 0.2) is 47.0 Å². The molecule has 0 unspecified atom stereocenters. The maximum absolute atomic E-state index is 13.1. The number of benzene rings is 2. The van der Waals surface area contributed by atoms with Crippen molar-refractivity contribution in [2.75, 3.05) is 13.2 Å². The van der Waals surface area contributed by atoms with Gasteiger partial charge in [-0.2, -0.15) is 0 Å². The van der Waals surface area contributed by atoms with Crippen molar-refractivity contribution in [3.05, 3.63) is 65.1 Å². The quantitative estimate of drug-likeness (QED) is 0.649. The molecule has 0 radical (unpaired) electrons. The van der Waals surface area contributed by atoms with E-state index in [9.17, 15) is 9.18 Å². The average molecular weight is 369 g/mol. The lowest BCUT2D eigenvalue weighted by Gasteiger charge is -2.18. The predicted molar refractivity (Wildman–Crippen MR) is 93.2 cm³/mol. The van der Waals surface area contributed by atoms with Crippen LogP contribution in [-0.2, 0) is 11.3 Å². The first-order valence-electron chi connectivity index (χ1n) is 8.39. The monoisotopic (exact) mass is 369 g/mol. The Labute approximate surface area is 154 Å². The van der Waals surface area contributed by atoms with Gasteiger partial charge >= 0.3 is 5.97 Å². The van der Waals surface area contributed by atoms with Crippen LogP contribution in [0.3, 0.4) is 0 Å². The van der Waals surface area contributed by atoms with Crippen molar-refractivity contribution in [3.63, 3.8) is 0 Å². The SMILES string of the molecule is Cc1c(COC(=O)c2ccc3c(c2)OCCO3)noc1-c1ccc(F)cc1. The van der Waals surface area contributed by atoms with Crippen LogP contribution in [0.4, 0.5) is 4.39 Å². The van der Waals surface area contributed by atoms with Crippen molar-refractivity contribution in [3.8, 4) is 22.8 Å². The number of fused-ring (bicyclic) bond motifs is 1.